The zero-order valence-electron chi connectivity index (χ0n) is 14.5. The minimum Gasteiger partial charge on any atom is -0.315 e. The lowest BCUT2D eigenvalue weighted by molar-refractivity contribution is 0.281. The monoisotopic (exact) mass is 357 g/mol. The highest BCUT2D eigenvalue weighted by Crippen LogP contribution is 2.30. The summed E-state index contributed by atoms with van der Waals surface area (Å²) in [6.45, 7) is 0.744. The number of halogens is 1. The number of nitrogens with zero attached hydrogens (tertiary/aromatic N) is 5. The fourth-order valence-corrected chi connectivity index (χ4v) is 3.50. The summed E-state index contributed by atoms with van der Waals surface area (Å²) >= 11 is 0. The Morgan fingerprint density at radius 1 is 1.07 bits per heavy atom. The first kappa shape index (κ1) is 16.8. The zero-order chi connectivity index (χ0) is 18.8. The molecule has 2 aromatic carbocycles. The van der Waals surface area contributed by atoms with E-state index < -0.39 is 0 Å². The summed E-state index contributed by atoms with van der Waals surface area (Å²) in [6.07, 6.45) is 7.57. The third-order valence-electron chi connectivity index (χ3n) is 4.81. The third-order valence-corrected chi connectivity index (χ3v) is 4.81. The first-order valence-corrected chi connectivity index (χ1v) is 8.69. The summed E-state index contributed by atoms with van der Waals surface area (Å²) in [5, 5.41) is 18.3. The number of hydrogen-bond acceptors (Lipinski definition) is 4. The molecule has 4 rings (SSSR count). The van der Waals surface area contributed by atoms with Crippen LogP contribution >= 0.6 is 0 Å². The van der Waals surface area contributed by atoms with Gasteiger partial charge in [-0.05, 0) is 54.3 Å². The smallest absolute Gasteiger partial charge is 0.181 e. The largest absolute Gasteiger partial charge is 0.315 e. The second-order valence-corrected chi connectivity index (χ2v) is 6.54. The first-order chi connectivity index (χ1) is 13.2. The van der Waals surface area contributed by atoms with Crippen LogP contribution in [0.15, 0.2) is 55.0 Å². The quantitative estimate of drug-likeness (QED) is 0.655. The number of benzene rings is 2. The number of nitriles is 2. The van der Waals surface area contributed by atoms with Gasteiger partial charge >= 0.3 is 0 Å². The van der Waals surface area contributed by atoms with Crippen LogP contribution in [-0.4, -0.2) is 21.0 Å². The van der Waals surface area contributed by atoms with Gasteiger partial charge < -0.3 is 4.57 Å². The third kappa shape index (κ3) is 3.26. The highest BCUT2D eigenvalue weighted by molar-refractivity contribution is 5.72. The van der Waals surface area contributed by atoms with Gasteiger partial charge in [0.2, 0.25) is 0 Å². The van der Waals surface area contributed by atoms with Crippen molar-refractivity contribution in [1.82, 2.24) is 14.5 Å². The molecule has 0 saturated carbocycles. The average molecular weight is 357 g/mol. The van der Waals surface area contributed by atoms with E-state index in [-0.39, 0.29) is 12.0 Å². The van der Waals surface area contributed by atoms with Crippen molar-refractivity contribution in [3.63, 3.8) is 0 Å². The van der Waals surface area contributed by atoms with Crippen molar-refractivity contribution in [2.75, 3.05) is 6.54 Å². The zero-order valence-corrected chi connectivity index (χ0v) is 14.5. The second kappa shape index (κ2) is 6.93. The van der Waals surface area contributed by atoms with Gasteiger partial charge in [-0.3, -0.25) is 4.90 Å². The van der Waals surface area contributed by atoms with Crippen LogP contribution in [0.5, 0.6) is 0 Å². The van der Waals surface area contributed by atoms with Crippen LogP contribution in [0.4, 0.5) is 4.39 Å². The molecule has 132 valence electrons. The number of imidazole rings is 1. The van der Waals surface area contributed by atoms with E-state index in [9.17, 15) is 9.65 Å². The van der Waals surface area contributed by atoms with Gasteiger partial charge in [-0.25, -0.2) is 9.37 Å². The molecule has 1 fully saturated rings. The van der Waals surface area contributed by atoms with Crippen molar-refractivity contribution >= 4 is 0 Å². The minimum absolute atomic E-state index is 0.0309. The fraction of sp³-hybridized carbons (Fsp3) is 0.190. The summed E-state index contributed by atoms with van der Waals surface area (Å²) in [4.78, 5) is 6.15. The molecular weight excluding hydrogens is 341 g/mol. The number of likely N-dealkylation sites (tertiary alicyclic amines) is 1. The lowest BCUT2D eigenvalue weighted by atomic mass is 10.00. The summed E-state index contributed by atoms with van der Waals surface area (Å²) in [5.74, 6) is -0.362. The molecule has 1 aromatic heterocycles. The molecule has 3 aromatic rings. The predicted octanol–water partition coefficient (Wildman–Crippen LogP) is 4.30. The summed E-state index contributed by atoms with van der Waals surface area (Å²) in [7, 11) is 0. The molecule has 0 amide bonds. The molecule has 1 saturated heterocycles. The van der Waals surface area contributed by atoms with Crippen LogP contribution in [0.1, 0.15) is 24.6 Å². The molecule has 27 heavy (non-hydrogen) atoms. The molecule has 1 aliphatic heterocycles. The minimum atomic E-state index is -0.362. The maximum absolute atomic E-state index is 14.3. The Labute approximate surface area is 156 Å². The molecule has 6 heteroatoms. The van der Waals surface area contributed by atoms with E-state index in [2.05, 4.69) is 17.2 Å². The molecule has 0 radical (unpaired) electrons. The van der Waals surface area contributed by atoms with E-state index in [4.69, 9.17) is 5.26 Å². The van der Waals surface area contributed by atoms with Crippen LogP contribution in [0.2, 0.25) is 0 Å². The van der Waals surface area contributed by atoms with E-state index in [0.29, 0.717) is 22.4 Å². The van der Waals surface area contributed by atoms with Crippen molar-refractivity contribution in [3.8, 4) is 34.6 Å². The topological polar surface area (TPSA) is 68.6 Å². The Hall–Kier alpha value is -3.64. The Balaban J connectivity index is 1.70. The fourth-order valence-electron chi connectivity index (χ4n) is 3.50. The molecule has 0 aliphatic carbocycles. The van der Waals surface area contributed by atoms with E-state index in [1.807, 2.05) is 22.9 Å². The van der Waals surface area contributed by atoms with E-state index in [1.54, 1.807) is 29.4 Å². The SMILES string of the molecule is N#Cc1cccc(-c2cc(F)cc(-c3cn(C4CCCN4C#N)cn3)c2)c1. The van der Waals surface area contributed by atoms with Crippen molar-refractivity contribution in [1.29, 1.82) is 10.5 Å². The van der Waals surface area contributed by atoms with Crippen LogP contribution in [0, 0.1) is 28.6 Å². The van der Waals surface area contributed by atoms with Gasteiger partial charge in [0, 0.05) is 18.3 Å². The van der Waals surface area contributed by atoms with Gasteiger partial charge in [-0.1, -0.05) is 12.1 Å². The molecule has 1 atom stereocenters. The lowest BCUT2D eigenvalue weighted by Gasteiger charge is -2.19. The van der Waals surface area contributed by atoms with Crippen LogP contribution in [0.25, 0.3) is 22.4 Å². The summed E-state index contributed by atoms with van der Waals surface area (Å²) in [6, 6.07) is 13.9. The molecular formula is C21H16FN5. The second-order valence-electron chi connectivity index (χ2n) is 6.54. The van der Waals surface area contributed by atoms with Gasteiger partial charge in [0.05, 0.1) is 23.7 Å². The Kier molecular flexibility index (Phi) is 4.32. The normalized spacial score (nSPS) is 16.1. The van der Waals surface area contributed by atoms with Gasteiger partial charge in [-0.2, -0.15) is 10.5 Å². The van der Waals surface area contributed by atoms with Gasteiger partial charge in [0.1, 0.15) is 12.0 Å². The predicted molar refractivity (Wildman–Crippen MR) is 98.4 cm³/mol. The van der Waals surface area contributed by atoms with Crippen LogP contribution < -0.4 is 0 Å². The summed E-state index contributed by atoms with van der Waals surface area (Å²) < 4.78 is 16.2. The molecule has 0 N–H and O–H groups in total. The average Bonchev–Trinajstić information content (AvgIpc) is 3.36. The van der Waals surface area contributed by atoms with Crippen LogP contribution in [-0.2, 0) is 0 Å². The standard InChI is InChI=1S/C21H16FN5/c22-19-9-17(16-4-1-3-15(7-16)11-23)8-18(10-19)20-12-27(14-25-20)21-5-2-6-26(21)13-24/h1,3-4,7-10,12,14,21H,2,5-6H2. The number of aromatic nitrogens is 2. The highest BCUT2D eigenvalue weighted by atomic mass is 19.1. The number of hydrogen-bond donors (Lipinski definition) is 0. The van der Waals surface area contributed by atoms with Gasteiger partial charge in [0.25, 0.3) is 0 Å². The lowest BCUT2D eigenvalue weighted by Crippen LogP contribution is -2.21. The van der Waals surface area contributed by atoms with Crippen molar-refractivity contribution in [3.05, 3.63) is 66.4 Å². The molecule has 1 aliphatic rings. The van der Waals surface area contributed by atoms with E-state index >= 15 is 0 Å². The van der Waals surface area contributed by atoms with Gasteiger partial charge in [0.15, 0.2) is 6.19 Å². The number of rotatable bonds is 3. The Morgan fingerprint density at radius 3 is 2.74 bits per heavy atom. The molecule has 0 spiro atoms. The maximum Gasteiger partial charge on any atom is 0.181 e. The van der Waals surface area contributed by atoms with E-state index in [1.165, 1.54) is 12.1 Å². The molecule has 5 nitrogen and oxygen atoms in total. The van der Waals surface area contributed by atoms with Crippen LogP contribution in [0.3, 0.4) is 0 Å². The first-order valence-electron chi connectivity index (χ1n) is 8.69. The highest BCUT2D eigenvalue weighted by Gasteiger charge is 2.25. The Morgan fingerprint density at radius 2 is 1.93 bits per heavy atom. The Bertz CT molecular complexity index is 1070. The van der Waals surface area contributed by atoms with Crippen molar-refractivity contribution in [2.24, 2.45) is 0 Å². The maximum atomic E-state index is 14.3. The molecule has 1 unspecified atom stereocenters. The van der Waals surface area contributed by atoms with Gasteiger partial charge in [-0.15, -0.1) is 0 Å². The van der Waals surface area contributed by atoms with E-state index in [0.717, 1.165) is 24.9 Å². The summed E-state index contributed by atoms with van der Waals surface area (Å²) in [5.41, 5.74) is 3.31. The molecule has 0 bridgehead atoms. The van der Waals surface area contributed by atoms with Crippen molar-refractivity contribution in [2.45, 2.75) is 19.0 Å². The molecule has 2 heterocycles. The van der Waals surface area contributed by atoms with Crippen molar-refractivity contribution < 1.29 is 4.39 Å².